The molecular formula is C12H23NO10S3. The van der Waals surface area contributed by atoms with Crippen molar-refractivity contribution in [2.45, 2.75) is 49.1 Å². The Bertz CT molecular complexity index is 555. The van der Waals surface area contributed by atoms with E-state index in [9.17, 15) is 28.3 Å². The molecule has 1 saturated heterocycles. The van der Waals surface area contributed by atoms with Crippen LogP contribution in [0.3, 0.4) is 0 Å². The summed E-state index contributed by atoms with van der Waals surface area (Å²) in [6.07, 6.45) is -3.09. The fourth-order valence-corrected chi connectivity index (χ4v) is 4.05. The molecule has 1 heterocycles. The molecule has 6 atom stereocenters. The molecule has 11 nitrogen and oxygen atoms in total. The van der Waals surface area contributed by atoms with Gasteiger partial charge in [-0.1, -0.05) is 28.1 Å². The van der Waals surface area contributed by atoms with E-state index in [4.69, 9.17) is 14.4 Å². The molecule has 26 heavy (non-hydrogen) atoms. The van der Waals surface area contributed by atoms with Crippen LogP contribution in [-0.2, 0) is 30.6 Å². The predicted octanol–water partition coefficient (Wildman–Crippen LogP) is -1.80. The first kappa shape index (κ1) is 23.9. The minimum Gasteiger partial charge on any atom is -0.617 e. The van der Waals surface area contributed by atoms with Gasteiger partial charge in [-0.3, -0.25) is 4.55 Å². The summed E-state index contributed by atoms with van der Waals surface area (Å²) in [4.78, 5) is 0. The molecular weight excluding hydrogens is 414 g/mol. The van der Waals surface area contributed by atoms with E-state index in [1.165, 1.54) is 0 Å². The Labute approximate surface area is 158 Å². The Morgan fingerprint density at radius 1 is 1.27 bits per heavy atom. The highest BCUT2D eigenvalue weighted by molar-refractivity contribution is 8.14. The van der Waals surface area contributed by atoms with E-state index in [1.807, 2.05) is 0 Å². The average Bonchev–Trinajstić information content (AvgIpc) is 2.55. The summed E-state index contributed by atoms with van der Waals surface area (Å²) in [5.74, 6) is 0.428. The second kappa shape index (κ2) is 11.0. The molecule has 5 N–H and O–H groups in total. The molecule has 1 rings (SSSR count). The highest BCUT2D eigenvalue weighted by Gasteiger charge is 2.44. The fraction of sp³-hybridized carbons (Fsp3) is 0.917. The minimum absolute atomic E-state index is 0.0221. The molecule has 0 aromatic carbocycles. The number of hydrogen-bond acceptors (Lipinski definition) is 11. The van der Waals surface area contributed by atoms with Crippen molar-refractivity contribution in [3.05, 3.63) is 0 Å². The third kappa shape index (κ3) is 8.24. The fourth-order valence-electron chi connectivity index (χ4n) is 2.10. The molecule has 154 valence electrons. The quantitative estimate of drug-likeness (QED) is 0.0683. The van der Waals surface area contributed by atoms with Gasteiger partial charge in [0.05, 0.1) is 12.9 Å². The Kier molecular flexibility index (Phi) is 10.1. The van der Waals surface area contributed by atoms with E-state index >= 15 is 0 Å². The molecule has 0 saturated carbocycles. The van der Waals surface area contributed by atoms with Crippen molar-refractivity contribution >= 4 is 38.4 Å². The van der Waals surface area contributed by atoms with Crippen molar-refractivity contribution in [3.8, 4) is 0 Å². The first-order chi connectivity index (χ1) is 12.0. The van der Waals surface area contributed by atoms with Crippen molar-refractivity contribution in [1.82, 2.24) is 0 Å². The van der Waals surface area contributed by atoms with Gasteiger partial charge in [-0.05, 0) is 19.3 Å². The number of ether oxygens (including phenoxy) is 1. The zero-order valence-corrected chi connectivity index (χ0v) is 16.3. The van der Waals surface area contributed by atoms with Gasteiger partial charge in [-0.2, -0.15) is 8.42 Å². The Morgan fingerprint density at radius 2 is 1.92 bits per heavy atom. The van der Waals surface area contributed by atoms with Gasteiger partial charge in [-0.15, -0.1) is 0 Å². The van der Waals surface area contributed by atoms with Crippen LogP contribution in [0.5, 0.6) is 0 Å². The number of thioether (sulfide) groups is 1. The van der Waals surface area contributed by atoms with E-state index in [0.29, 0.717) is 18.6 Å². The van der Waals surface area contributed by atoms with E-state index < -0.39 is 58.0 Å². The molecule has 0 bridgehead atoms. The van der Waals surface area contributed by atoms with Gasteiger partial charge < -0.3 is 29.7 Å². The number of aliphatic hydroxyl groups is 4. The molecule has 3 unspecified atom stereocenters. The number of oxime groups is 1. The SMILES string of the molecule is C[S@@+]([O-])CCCC/C(=N/OS(=O)(=O)O)S[C@@H]1OC(CO)C(O)[C@H](O)C1O. The third-order valence-corrected chi connectivity index (χ3v) is 5.71. The van der Waals surface area contributed by atoms with Crippen molar-refractivity contribution in [1.29, 1.82) is 0 Å². The molecule has 0 amide bonds. The first-order valence-corrected chi connectivity index (χ1v) is 11.5. The summed E-state index contributed by atoms with van der Waals surface area (Å²) in [7, 11) is -4.83. The highest BCUT2D eigenvalue weighted by Crippen LogP contribution is 2.30. The van der Waals surface area contributed by atoms with Crippen LogP contribution in [-0.4, -0.2) is 91.5 Å². The van der Waals surface area contributed by atoms with E-state index in [0.717, 1.165) is 11.8 Å². The summed E-state index contributed by atoms with van der Waals surface area (Å²) >= 11 is -0.275. The summed E-state index contributed by atoms with van der Waals surface area (Å²) in [6.45, 7) is -0.613. The smallest absolute Gasteiger partial charge is 0.466 e. The number of nitrogens with zero attached hydrogens (tertiary/aromatic N) is 1. The molecule has 1 aliphatic heterocycles. The van der Waals surface area contributed by atoms with Gasteiger partial charge in [0.25, 0.3) is 0 Å². The molecule has 0 aromatic rings. The van der Waals surface area contributed by atoms with Gasteiger partial charge in [0.1, 0.15) is 40.6 Å². The van der Waals surface area contributed by atoms with E-state index in [-0.39, 0.29) is 11.5 Å². The van der Waals surface area contributed by atoms with Gasteiger partial charge >= 0.3 is 10.4 Å². The maximum atomic E-state index is 11.1. The highest BCUT2D eigenvalue weighted by atomic mass is 32.3. The second-order valence-corrected chi connectivity index (χ2v) is 9.27. The van der Waals surface area contributed by atoms with Crippen LogP contribution < -0.4 is 0 Å². The zero-order valence-electron chi connectivity index (χ0n) is 13.9. The normalized spacial score (nSPS) is 31.7. The summed E-state index contributed by atoms with van der Waals surface area (Å²) in [5.41, 5.74) is -1.17. The van der Waals surface area contributed by atoms with Crippen LogP contribution in [0, 0.1) is 0 Å². The lowest BCUT2D eigenvalue weighted by molar-refractivity contribution is -0.205. The number of rotatable bonds is 9. The lowest BCUT2D eigenvalue weighted by Crippen LogP contribution is -2.57. The lowest BCUT2D eigenvalue weighted by atomic mass is 10.0. The van der Waals surface area contributed by atoms with Crippen LogP contribution in [0.4, 0.5) is 0 Å². The van der Waals surface area contributed by atoms with Crippen LogP contribution in [0.25, 0.3) is 0 Å². The zero-order chi connectivity index (χ0) is 19.9. The third-order valence-electron chi connectivity index (χ3n) is 3.41. The maximum Gasteiger partial charge on any atom is 0.466 e. The average molecular weight is 438 g/mol. The van der Waals surface area contributed by atoms with Crippen molar-refractivity contribution in [2.75, 3.05) is 18.6 Å². The molecule has 14 heteroatoms. The van der Waals surface area contributed by atoms with Gasteiger partial charge in [0.2, 0.25) is 0 Å². The summed E-state index contributed by atoms with van der Waals surface area (Å²) < 4.78 is 50.4. The van der Waals surface area contributed by atoms with Crippen LogP contribution in [0.1, 0.15) is 19.3 Å². The number of hydrogen-bond donors (Lipinski definition) is 5. The first-order valence-electron chi connectivity index (χ1n) is 7.55. The van der Waals surface area contributed by atoms with Crippen LogP contribution in [0.2, 0.25) is 0 Å². The summed E-state index contributed by atoms with van der Waals surface area (Å²) in [5, 5.41) is 42.0. The summed E-state index contributed by atoms with van der Waals surface area (Å²) in [6, 6.07) is 0. The van der Waals surface area contributed by atoms with Crippen LogP contribution in [0.15, 0.2) is 5.16 Å². The Morgan fingerprint density at radius 3 is 2.46 bits per heavy atom. The van der Waals surface area contributed by atoms with Gasteiger partial charge in [0, 0.05) is 0 Å². The molecule has 1 aliphatic rings. The number of aliphatic hydroxyl groups excluding tert-OH is 4. The number of unbranched alkanes of at least 4 members (excludes halogenated alkanes) is 1. The monoisotopic (exact) mass is 437 g/mol. The standard InChI is InChI=1S/C12H23NO10S3/c1-25(18)5-3-2-4-8(13-23-26(19,20)21)24-12-11(17)10(16)9(15)7(6-14)22-12/h7,9-12,14-17H,2-6H2,1H3,(H,19,20,21)/b13-8-/t7?,9?,10-,11?,12-,25+/m0/s1. The van der Waals surface area contributed by atoms with E-state index in [1.54, 1.807) is 6.26 Å². The molecule has 0 spiro atoms. The van der Waals surface area contributed by atoms with Crippen molar-refractivity contribution in [2.24, 2.45) is 5.16 Å². The lowest BCUT2D eigenvalue weighted by Gasteiger charge is -2.39. The molecule has 0 aromatic heterocycles. The van der Waals surface area contributed by atoms with Crippen molar-refractivity contribution in [3.63, 3.8) is 0 Å². The predicted molar refractivity (Wildman–Crippen MR) is 94.2 cm³/mol. The molecule has 0 aliphatic carbocycles. The minimum atomic E-state index is -4.83. The topological polar surface area (TPSA) is 189 Å². The Hall–Kier alpha value is -0.160. The largest absolute Gasteiger partial charge is 0.617 e. The van der Waals surface area contributed by atoms with Crippen LogP contribution >= 0.6 is 11.8 Å². The molecule has 1 fully saturated rings. The van der Waals surface area contributed by atoms with Gasteiger partial charge in [-0.25, -0.2) is 4.28 Å². The van der Waals surface area contributed by atoms with Crippen molar-refractivity contribution < 1.29 is 47.0 Å². The van der Waals surface area contributed by atoms with Gasteiger partial charge in [0.15, 0.2) is 0 Å². The van der Waals surface area contributed by atoms with E-state index in [2.05, 4.69) is 9.44 Å². The maximum absolute atomic E-state index is 11.1. The Balaban J connectivity index is 2.79. The molecule has 0 radical (unpaired) electrons. The second-order valence-electron chi connectivity index (χ2n) is 5.54.